The summed E-state index contributed by atoms with van der Waals surface area (Å²) < 4.78 is 39.1. The van der Waals surface area contributed by atoms with Gasteiger partial charge in [0, 0.05) is 30.8 Å². The Kier molecular flexibility index (Phi) is 5.55. The number of amides is 1. The van der Waals surface area contributed by atoms with Crippen LogP contribution in [0.25, 0.3) is 11.3 Å². The standard InChI is InChI=1S/C21H19F3N4OS/c1-13-19(30-12-26-13)20(29)28-7-3-5-15(11-28)18-10-25-9-17(27-18)14-4-2-6-16(8-14)21(22,23)24/h2,4,6,8-10,12,15H,3,5,7,11H2,1H3. The minimum atomic E-state index is -4.42. The molecule has 4 rings (SSSR count). The van der Waals surface area contributed by atoms with Crippen molar-refractivity contribution in [3.63, 3.8) is 0 Å². The summed E-state index contributed by atoms with van der Waals surface area (Å²) in [6.07, 6.45) is 0.342. The van der Waals surface area contributed by atoms with Crippen molar-refractivity contribution in [2.24, 2.45) is 0 Å². The maximum Gasteiger partial charge on any atom is 0.416 e. The molecule has 1 amide bonds. The number of nitrogens with zero attached hydrogens (tertiary/aromatic N) is 4. The van der Waals surface area contributed by atoms with Crippen molar-refractivity contribution in [2.45, 2.75) is 31.9 Å². The maximum atomic E-state index is 13.0. The summed E-state index contributed by atoms with van der Waals surface area (Å²) in [4.78, 5) is 28.2. The summed E-state index contributed by atoms with van der Waals surface area (Å²) in [5.41, 5.74) is 3.10. The number of aryl methyl sites for hydroxylation is 1. The third kappa shape index (κ3) is 4.21. The van der Waals surface area contributed by atoms with Crippen LogP contribution in [0.2, 0.25) is 0 Å². The highest BCUT2D eigenvalue weighted by atomic mass is 32.1. The van der Waals surface area contributed by atoms with Crippen molar-refractivity contribution in [3.8, 4) is 11.3 Å². The summed E-state index contributed by atoms with van der Waals surface area (Å²) >= 11 is 1.33. The second-order valence-electron chi connectivity index (χ2n) is 7.26. The average molecular weight is 432 g/mol. The molecule has 0 N–H and O–H groups in total. The summed E-state index contributed by atoms with van der Waals surface area (Å²) in [7, 11) is 0. The Balaban J connectivity index is 1.57. The van der Waals surface area contributed by atoms with Gasteiger partial charge in [-0.2, -0.15) is 13.2 Å². The molecule has 9 heteroatoms. The molecule has 0 spiro atoms. The zero-order chi connectivity index (χ0) is 21.3. The first kappa shape index (κ1) is 20.5. The molecule has 1 saturated heterocycles. The van der Waals surface area contributed by atoms with E-state index >= 15 is 0 Å². The zero-order valence-electron chi connectivity index (χ0n) is 16.2. The average Bonchev–Trinajstić information content (AvgIpc) is 3.19. The molecule has 3 aromatic rings. The van der Waals surface area contributed by atoms with E-state index in [1.54, 1.807) is 22.7 Å². The molecule has 1 aromatic carbocycles. The molecule has 0 aliphatic carbocycles. The fourth-order valence-electron chi connectivity index (χ4n) is 3.63. The molecular formula is C21H19F3N4OS. The molecule has 0 bridgehead atoms. The number of likely N-dealkylation sites (tertiary alicyclic amines) is 1. The molecular weight excluding hydrogens is 413 g/mol. The Morgan fingerprint density at radius 1 is 1.27 bits per heavy atom. The maximum absolute atomic E-state index is 13.0. The minimum Gasteiger partial charge on any atom is -0.337 e. The van der Waals surface area contributed by atoms with E-state index in [9.17, 15) is 18.0 Å². The molecule has 156 valence electrons. The normalized spacial score (nSPS) is 17.2. The van der Waals surface area contributed by atoms with Crippen LogP contribution in [0.5, 0.6) is 0 Å². The van der Waals surface area contributed by atoms with E-state index in [0.29, 0.717) is 34.9 Å². The summed E-state index contributed by atoms with van der Waals surface area (Å²) in [6, 6.07) is 5.07. The number of alkyl halides is 3. The van der Waals surface area contributed by atoms with Crippen LogP contribution in [0.4, 0.5) is 13.2 Å². The van der Waals surface area contributed by atoms with Crippen LogP contribution in [0.1, 0.15) is 45.4 Å². The lowest BCUT2D eigenvalue weighted by atomic mass is 9.94. The predicted molar refractivity (Wildman–Crippen MR) is 107 cm³/mol. The van der Waals surface area contributed by atoms with Gasteiger partial charge in [-0.05, 0) is 31.9 Å². The van der Waals surface area contributed by atoms with E-state index in [2.05, 4.69) is 15.0 Å². The Labute approximate surface area is 175 Å². The minimum absolute atomic E-state index is 0.0193. The first-order valence-electron chi connectivity index (χ1n) is 9.52. The number of hydrogen-bond acceptors (Lipinski definition) is 5. The molecule has 3 heterocycles. The SMILES string of the molecule is Cc1ncsc1C(=O)N1CCCC(c2cncc(-c3cccc(C(F)(F)F)c3)n2)C1. The van der Waals surface area contributed by atoms with Crippen molar-refractivity contribution in [1.82, 2.24) is 19.9 Å². The van der Waals surface area contributed by atoms with E-state index in [1.807, 2.05) is 6.92 Å². The van der Waals surface area contributed by atoms with Gasteiger partial charge in [-0.1, -0.05) is 12.1 Å². The number of rotatable bonds is 3. The van der Waals surface area contributed by atoms with Crippen LogP contribution < -0.4 is 0 Å². The van der Waals surface area contributed by atoms with Crippen molar-refractivity contribution in [2.75, 3.05) is 13.1 Å². The number of halogens is 3. The van der Waals surface area contributed by atoms with Crippen LogP contribution in [0.15, 0.2) is 42.2 Å². The smallest absolute Gasteiger partial charge is 0.337 e. The number of aromatic nitrogens is 3. The Morgan fingerprint density at radius 2 is 2.10 bits per heavy atom. The van der Waals surface area contributed by atoms with Gasteiger partial charge in [-0.15, -0.1) is 11.3 Å². The Bertz CT molecular complexity index is 1070. The van der Waals surface area contributed by atoms with Gasteiger partial charge in [0.2, 0.25) is 0 Å². The van der Waals surface area contributed by atoms with Crippen LogP contribution in [-0.4, -0.2) is 38.8 Å². The fourth-order valence-corrected chi connectivity index (χ4v) is 4.39. The third-order valence-corrected chi connectivity index (χ3v) is 6.12. The van der Waals surface area contributed by atoms with E-state index in [4.69, 9.17) is 0 Å². The summed E-state index contributed by atoms with van der Waals surface area (Å²) in [6.45, 7) is 2.97. The van der Waals surface area contributed by atoms with Gasteiger partial charge in [-0.25, -0.2) is 9.97 Å². The molecule has 1 aliphatic rings. The third-order valence-electron chi connectivity index (χ3n) is 5.21. The fraction of sp³-hybridized carbons (Fsp3) is 0.333. The topological polar surface area (TPSA) is 59.0 Å². The molecule has 1 fully saturated rings. The first-order valence-corrected chi connectivity index (χ1v) is 10.4. The van der Waals surface area contributed by atoms with Gasteiger partial charge in [0.05, 0.1) is 34.4 Å². The second kappa shape index (κ2) is 8.14. The van der Waals surface area contributed by atoms with Gasteiger partial charge in [-0.3, -0.25) is 9.78 Å². The van der Waals surface area contributed by atoms with Gasteiger partial charge in [0.15, 0.2) is 0 Å². The number of carbonyl (C=O) groups is 1. The van der Waals surface area contributed by atoms with E-state index in [1.165, 1.54) is 23.6 Å². The number of carbonyl (C=O) groups excluding carboxylic acids is 1. The lowest BCUT2D eigenvalue weighted by Gasteiger charge is -2.32. The summed E-state index contributed by atoms with van der Waals surface area (Å²) in [5.74, 6) is -0.0594. The largest absolute Gasteiger partial charge is 0.416 e. The molecule has 30 heavy (non-hydrogen) atoms. The van der Waals surface area contributed by atoms with Gasteiger partial charge >= 0.3 is 6.18 Å². The molecule has 2 aromatic heterocycles. The van der Waals surface area contributed by atoms with E-state index in [-0.39, 0.29) is 11.8 Å². The van der Waals surface area contributed by atoms with Gasteiger partial charge in [0.25, 0.3) is 5.91 Å². The number of benzene rings is 1. The van der Waals surface area contributed by atoms with Crippen LogP contribution in [0, 0.1) is 6.92 Å². The molecule has 1 unspecified atom stereocenters. The molecule has 5 nitrogen and oxygen atoms in total. The van der Waals surface area contributed by atoms with Crippen molar-refractivity contribution in [3.05, 3.63) is 64.0 Å². The molecule has 0 saturated carbocycles. The number of hydrogen-bond donors (Lipinski definition) is 0. The van der Waals surface area contributed by atoms with Crippen molar-refractivity contribution < 1.29 is 18.0 Å². The zero-order valence-corrected chi connectivity index (χ0v) is 17.0. The van der Waals surface area contributed by atoms with E-state index < -0.39 is 11.7 Å². The van der Waals surface area contributed by atoms with Crippen LogP contribution >= 0.6 is 11.3 Å². The Morgan fingerprint density at radius 3 is 2.83 bits per heavy atom. The molecule has 1 aliphatic heterocycles. The highest BCUT2D eigenvalue weighted by Gasteiger charge is 2.31. The van der Waals surface area contributed by atoms with Crippen molar-refractivity contribution >= 4 is 17.2 Å². The highest BCUT2D eigenvalue weighted by molar-refractivity contribution is 7.11. The first-order chi connectivity index (χ1) is 14.3. The van der Waals surface area contributed by atoms with Crippen LogP contribution in [-0.2, 0) is 6.18 Å². The Hall–Kier alpha value is -2.81. The number of thiazole rings is 1. The predicted octanol–water partition coefficient (Wildman–Crippen LogP) is 4.95. The van der Waals surface area contributed by atoms with Gasteiger partial charge in [0.1, 0.15) is 4.88 Å². The summed E-state index contributed by atoms with van der Waals surface area (Å²) in [5, 5.41) is 0. The lowest BCUT2D eigenvalue weighted by Crippen LogP contribution is -2.39. The van der Waals surface area contributed by atoms with Crippen molar-refractivity contribution in [1.29, 1.82) is 0 Å². The second-order valence-corrected chi connectivity index (χ2v) is 8.12. The van der Waals surface area contributed by atoms with E-state index in [0.717, 1.165) is 30.7 Å². The monoisotopic (exact) mass is 432 g/mol. The van der Waals surface area contributed by atoms with Crippen LogP contribution in [0.3, 0.4) is 0 Å². The molecule has 0 radical (unpaired) electrons. The lowest BCUT2D eigenvalue weighted by molar-refractivity contribution is -0.137. The van der Waals surface area contributed by atoms with Gasteiger partial charge < -0.3 is 4.90 Å². The quantitative estimate of drug-likeness (QED) is 0.588. The highest BCUT2D eigenvalue weighted by Crippen LogP contribution is 2.33. The number of piperidine rings is 1. The molecule has 1 atom stereocenters.